The smallest absolute Gasteiger partial charge is 0.258 e. The van der Waals surface area contributed by atoms with E-state index in [4.69, 9.17) is 0 Å². The fraction of sp³-hybridized carbons (Fsp3) is 0.222. The van der Waals surface area contributed by atoms with E-state index >= 15 is 0 Å². The summed E-state index contributed by atoms with van der Waals surface area (Å²) in [5, 5.41) is 0. The van der Waals surface area contributed by atoms with Crippen LogP contribution in [0.5, 0.6) is 0 Å². The Kier molecular flexibility index (Phi) is 4.34. The molecule has 6 nitrogen and oxygen atoms in total. The van der Waals surface area contributed by atoms with Crippen molar-refractivity contribution in [1.29, 1.82) is 0 Å². The number of nitrogens with one attached hydrogen (secondary N) is 1. The molecule has 1 aliphatic rings. The maximum Gasteiger partial charge on any atom is 0.258 e. The molecular weight excluding hydrogens is 340 g/mol. The van der Waals surface area contributed by atoms with Crippen molar-refractivity contribution in [2.24, 2.45) is 0 Å². The lowest BCUT2D eigenvalue weighted by molar-refractivity contribution is -0.120. The van der Waals surface area contributed by atoms with Crippen LogP contribution in [0.1, 0.15) is 34.3 Å². The van der Waals surface area contributed by atoms with E-state index in [-0.39, 0.29) is 5.91 Å². The van der Waals surface area contributed by atoms with Gasteiger partial charge in [-0.25, -0.2) is 8.42 Å². The Morgan fingerprint density at radius 2 is 1.76 bits per heavy atom. The Morgan fingerprint density at radius 3 is 2.36 bits per heavy atom. The van der Waals surface area contributed by atoms with E-state index < -0.39 is 21.8 Å². The van der Waals surface area contributed by atoms with E-state index in [0.29, 0.717) is 17.7 Å². The lowest BCUT2D eigenvalue weighted by Crippen LogP contribution is -2.32. The molecule has 1 aliphatic heterocycles. The Bertz CT molecular complexity index is 936. The number of sulfonamides is 1. The first-order valence-corrected chi connectivity index (χ1v) is 9.67. The molecular formula is C18H18N2O4S. The summed E-state index contributed by atoms with van der Waals surface area (Å²) >= 11 is 0. The molecule has 1 heterocycles. The summed E-state index contributed by atoms with van der Waals surface area (Å²) in [5.41, 5.74) is 3.10. The zero-order valence-corrected chi connectivity index (χ0v) is 14.7. The van der Waals surface area contributed by atoms with Gasteiger partial charge in [-0.3, -0.25) is 14.3 Å². The maximum absolute atomic E-state index is 12.5. The third kappa shape index (κ3) is 3.56. The molecule has 0 spiro atoms. The molecule has 1 unspecified atom stereocenters. The number of rotatable bonds is 4. The number of benzene rings is 2. The Labute approximate surface area is 146 Å². The number of fused-ring (bicyclic) bond motifs is 1. The van der Waals surface area contributed by atoms with Crippen LogP contribution < -0.4 is 9.62 Å². The lowest BCUT2D eigenvalue weighted by Gasteiger charge is -2.17. The van der Waals surface area contributed by atoms with E-state index in [1.54, 1.807) is 36.1 Å². The molecule has 0 saturated carbocycles. The number of anilines is 1. The molecule has 0 aliphatic carbocycles. The quantitative estimate of drug-likeness (QED) is 0.906. The van der Waals surface area contributed by atoms with Crippen LogP contribution in [-0.4, -0.2) is 26.5 Å². The van der Waals surface area contributed by atoms with Gasteiger partial charge in [0.1, 0.15) is 0 Å². The van der Waals surface area contributed by atoms with Crippen molar-refractivity contribution < 1.29 is 18.0 Å². The van der Waals surface area contributed by atoms with E-state index in [9.17, 15) is 18.0 Å². The second kappa shape index (κ2) is 6.33. The number of hydrogen-bond acceptors (Lipinski definition) is 4. The van der Waals surface area contributed by atoms with Crippen molar-refractivity contribution >= 4 is 27.5 Å². The molecule has 2 aromatic rings. The van der Waals surface area contributed by atoms with Crippen LogP contribution in [0.15, 0.2) is 48.5 Å². The second-order valence-electron chi connectivity index (χ2n) is 6.10. The molecule has 7 heteroatoms. The summed E-state index contributed by atoms with van der Waals surface area (Å²) in [6.45, 7) is 2.14. The summed E-state index contributed by atoms with van der Waals surface area (Å²) in [4.78, 5) is 26.1. The minimum Gasteiger partial charge on any atom is -0.304 e. The Morgan fingerprint density at radius 1 is 1.12 bits per heavy atom. The molecule has 130 valence electrons. The number of amides is 2. The van der Waals surface area contributed by atoms with Crippen LogP contribution >= 0.6 is 0 Å². The van der Waals surface area contributed by atoms with Crippen LogP contribution in [0.25, 0.3) is 0 Å². The summed E-state index contributed by atoms with van der Waals surface area (Å²) in [5.74, 6) is -1.25. The average molecular weight is 358 g/mol. The number of carbonyl (C=O) groups excluding carboxylic acids is 2. The van der Waals surface area contributed by atoms with Crippen molar-refractivity contribution in [2.45, 2.75) is 19.4 Å². The summed E-state index contributed by atoms with van der Waals surface area (Å²) in [7, 11) is -3.59. The van der Waals surface area contributed by atoms with Gasteiger partial charge in [0.25, 0.3) is 5.91 Å². The summed E-state index contributed by atoms with van der Waals surface area (Å²) in [6.07, 6.45) is 0.942. The fourth-order valence-corrected chi connectivity index (χ4v) is 3.37. The van der Waals surface area contributed by atoms with Crippen LogP contribution in [-0.2, 0) is 21.4 Å². The molecule has 2 amide bonds. The molecule has 0 aromatic heterocycles. The molecule has 0 bridgehead atoms. The standard InChI is InChI=1S/C18H18N2O4S/c1-12(17(21)19-25(2,23)24)13-7-9-15(10-8-13)20-11-14-5-3-4-6-16(14)18(20)22/h3-10,12H,11H2,1-2H3,(H,19,21). The third-order valence-corrected chi connectivity index (χ3v) is 4.78. The highest BCUT2D eigenvalue weighted by Crippen LogP contribution is 2.29. The van der Waals surface area contributed by atoms with E-state index in [2.05, 4.69) is 0 Å². The van der Waals surface area contributed by atoms with Gasteiger partial charge < -0.3 is 4.90 Å². The highest BCUT2D eigenvalue weighted by molar-refractivity contribution is 7.89. The molecule has 0 radical (unpaired) electrons. The zero-order valence-electron chi connectivity index (χ0n) is 13.9. The van der Waals surface area contributed by atoms with Gasteiger partial charge in [-0.05, 0) is 36.2 Å². The third-order valence-electron chi connectivity index (χ3n) is 4.21. The molecule has 2 aromatic carbocycles. The lowest BCUT2D eigenvalue weighted by atomic mass is 10.0. The predicted molar refractivity (Wildman–Crippen MR) is 94.8 cm³/mol. The monoisotopic (exact) mass is 358 g/mol. The van der Waals surface area contributed by atoms with Gasteiger partial charge in [-0.1, -0.05) is 30.3 Å². The van der Waals surface area contributed by atoms with Crippen molar-refractivity contribution in [2.75, 3.05) is 11.2 Å². The van der Waals surface area contributed by atoms with Crippen molar-refractivity contribution in [1.82, 2.24) is 4.72 Å². The first-order valence-electron chi connectivity index (χ1n) is 7.77. The molecule has 0 saturated heterocycles. The fourth-order valence-electron chi connectivity index (χ4n) is 2.83. The first kappa shape index (κ1) is 17.2. The number of hydrogen-bond donors (Lipinski definition) is 1. The SMILES string of the molecule is CC(C(=O)NS(C)(=O)=O)c1ccc(N2Cc3ccccc3C2=O)cc1. The van der Waals surface area contributed by atoms with Crippen molar-refractivity contribution in [3.8, 4) is 0 Å². The van der Waals surface area contributed by atoms with E-state index in [0.717, 1.165) is 17.5 Å². The van der Waals surface area contributed by atoms with Crippen LogP contribution in [0.4, 0.5) is 5.69 Å². The molecule has 3 rings (SSSR count). The molecule has 1 N–H and O–H groups in total. The van der Waals surface area contributed by atoms with Crippen molar-refractivity contribution in [3.05, 3.63) is 65.2 Å². The largest absolute Gasteiger partial charge is 0.304 e. The number of nitrogens with zero attached hydrogens (tertiary/aromatic N) is 1. The van der Waals surface area contributed by atoms with Gasteiger partial charge in [0.15, 0.2) is 0 Å². The second-order valence-corrected chi connectivity index (χ2v) is 7.85. The molecule has 25 heavy (non-hydrogen) atoms. The van der Waals surface area contributed by atoms with Gasteiger partial charge in [0, 0.05) is 11.3 Å². The molecule has 0 fully saturated rings. The normalized spacial score (nSPS) is 15.0. The van der Waals surface area contributed by atoms with Gasteiger partial charge in [-0.15, -0.1) is 0 Å². The molecule has 1 atom stereocenters. The van der Waals surface area contributed by atoms with Gasteiger partial charge in [-0.2, -0.15) is 0 Å². The van der Waals surface area contributed by atoms with Gasteiger partial charge in [0.05, 0.1) is 18.7 Å². The summed E-state index contributed by atoms with van der Waals surface area (Å²) in [6, 6.07) is 14.5. The van der Waals surface area contributed by atoms with E-state index in [1.165, 1.54) is 0 Å². The Hall–Kier alpha value is -2.67. The van der Waals surface area contributed by atoms with Gasteiger partial charge >= 0.3 is 0 Å². The predicted octanol–water partition coefficient (Wildman–Crippen LogP) is 2.03. The topological polar surface area (TPSA) is 83.6 Å². The van der Waals surface area contributed by atoms with Gasteiger partial charge in [0.2, 0.25) is 15.9 Å². The number of carbonyl (C=O) groups is 2. The van der Waals surface area contributed by atoms with Crippen LogP contribution in [0.3, 0.4) is 0 Å². The van der Waals surface area contributed by atoms with Crippen LogP contribution in [0, 0.1) is 0 Å². The minimum absolute atomic E-state index is 0.0498. The minimum atomic E-state index is -3.59. The average Bonchev–Trinajstić information content (AvgIpc) is 2.90. The Balaban J connectivity index is 1.78. The van der Waals surface area contributed by atoms with Crippen molar-refractivity contribution in [3.63, 3.8) is 0 Å². The summed E-state index contributed by atoms with van der Waals surface area (Å²) < 4.78 is 24.3. The maximum atomic E-state index is 12.5. The van der Waals surface area contributed by atoms with E-state index in [1.807, 2.05) is 29.0 Å². The highest BCUT2D eigenvalue weighted by Gasteiger charge is 2.28. The highest BCUT2D eigenvalue weighted by atomic mass is 32.2. The zero-order chi connectivity index (χ0) is 18.2. The van der Waals surface area contributed by atoms with Crippen LogP contribution in [0.2, 0.25) is 0 Å². The first-order chi connectivity index (χ1) is 11.8.